The Morgan fingerprint density at radius 1 is 1.08 bits per heavy atom. The van der Waals surface area contributed by atoms with E-state index in [2.05, 4.69) is 15.6 Å². The Balaban J connectivity index is 1.79. The van der Waals surface area contributed by atoms with Crippen molar-refractivity contribution in [3.63, 3.8) is 0 Å². The van der Waals surface area contributed by atoms with Crippen LogP contribution in [0, 0.1) is 5.92 Å². The fourth-order valence-corrected chi connectivity index (χ4v) is 3.81. The lowest BCUT2D eigenvalue weighted by atomic mass is 9.86. The fourth-order valence-electron chi connectivity index (χ4n) is 2.78. The zero-order valence-electron chi connectivity index (χ0n) is 15.8. The number of nitrogens with one attached hydrogen (secondary N) is 3. The molecule has 2 rings (SSSR count). The van der Waals surface area contributed by atoms with Crippen LogP contribution >= 0.6 is 0 Å². The highest BCUT2D eigenvalue weighted by Gasteiger charge is 2.34. The molecule has 0 radical (unpaired) electrons. The van der Waals surface area contributed by atoms with Crippen molar-refractivity contribution in [2.75, 3.05) is 12.5 Å². The zero-order valence-corrected chi connectivity index (χ0v) is 16.7. The molecule has 0 saturated heterocycles. The van der Waals surface area contributed by atoms with Gasteiger partial charge in [0.15, 0.2) is 0 Å². The number of carbonyl (C=O) groups excluding carboxylic acids is 1. The number of methoxy groups -OCH3 is 1. The summed E-state index contributed by atoms with van der Waals surface area (Å²) in [5.41, 5.74) is 6.39. The number of hydrogen-bond acceptors (Lipinski definition) is 5. The highest BCUT2D eigenvalue weighted by molar-refractivity contribution is 7.90. The summed E-state index contributed by atoms with van der Waals surface area (Å²) in [6.07, 6.45) is 2.65. The van der Waals surface area contributed by atoms with Gasteiger partial charge in [0.25, 0.3) is 0 Å². The van der Waals surface area contributed by atoms with Gasteiger partial charge >= 0.3 is 0 Å². The largest absolute Gasteiger partial charge is 0.497 e. The average Bonchev–Trinajstić information content (AvgIpc) is 2.59. The molecule has 0 heterocycles. The highest BCUT2D eigenvalue weighted by Crippen LogP contribution is 2.26. The number of benzene rings is 1. The Bertz CT molecular complexity index is 703. The lowest BCUT2D eigenvalue weighted by Crippen LogP contribution is -2.47. The summed E-state index contributed by atoms with van der Waals surface area (Å²) in [6, 6.07) is 7.15. The molecule has 8 heteroatoms. The maximum atomic E-state index is 12.3. The molecule has 146 valence electrons. The normalized spacial score (nSPS) is 21.1. The fraction of sp³-hybridized carbons (Fsp3) is 0.611. The summed E-state index contributed by atoms with van der Waals surface area (Å²) in [6.45, 7) is 5.04. The molecule has 0 unspecified atom stereocenters. The highest BCUT2D eigenvalue weighted by atomic mass is 32.2. The average molecular weight is 384 g/mol. The maximum Gasteiger partial charge on any atom is 0.241 e. The number of amides is 1. The third-order valence-electron chi connectivity index (χ3n) is 4.65. The Kier molecular flexibility index (Phi) is 6.52. The molecular formula is C18H29N3O4S. The Morgan fingerprint density at radius 2 is 1.65 bits per heavy atom. The van der Waals surface area contributed by atoms with Gasteiger partial charge in [-0.2, -0.15) is 0 Å². The molecule has 1 saturated carbocycles. The number of carbonyl (C=O) groups is 1. The van der Waals surface area contributed by atoms with Crippen LogP contribution in [-0.2, 0) is 14.8 Å². The second kappa shape index (κ2) is 8.26. The van der Waals surface area contributed by atoms with Gasteiger partial charge in [0.05, 0.1) is 17.5 Å². The van der Waals surface area contributed by atoms with Crippen molar-refractivity contribution in [2.45, 2.75) is 57.2 Å². The van der Waals surface area contributed by atoms with Gasteiger partial charge in [-0.05, 0) is 70.7 Å². The number of sulfonamides is 1. The predicted octanol–water partition coefficient (Wildman–Crippen LogP) is 2.42. The van der Waals surface area contributed by atoms with E-state index >= 15 is 0 Å². The van der Waals surface area contributed by atoms with E-state index in [4.69, 9.17) is 4.74 Å². The molecule has 7 nitrogen and oxygen atoms in total. The van der Waals surface area contributed by atoms with Crippen LogP contribution in [0.1, 0.15) is 46.5 Å². The van der Waals surface area contributed by atoms with E-state index in [1.165, 1.54) is 0 Å². The van der Waals surface area contributed by atoms with Crippen LogP contribution in [0.3, 0.4) is 0 Å². The molecule has 0 atom stereocenters. The maximum absolute atomic E-state index is 12.3. The predicted molar refractivity (Wildman–Crippen MR) is 102 cm³/mol. The monoisotopic (exact) mass is 383 g/mol. The molecular weight excluding hydrogens is 354 g/mol. The van der Waals surface area contributed by atoms with Crippen LogP contribution in [0.4, 0.5) is 5.69 Å². The lowest BCUT2D eigenvalue weighted by molar-refractivity contribution is -0.125. The molecule has 1 aliphatic carbocycles. The first kappa shape index (κ1) is 20.5. The summed E-state index contributed by atoms with van der Waals surface area (Å²) in [4.78, 5) is 12.3. The summed E-state index contributed by atoms with van der Waals surface area (Å²) >= 11 is 0. The van der Waals surface area contributed by atoms with Gasteiger partial charge in [-0.25, -0.2) is 13.1 Å². The molecule has 1 fully saturated rings. The second-order valence-electron chi connectivity index (χ2n) is 7.62. The topological polar surface area (TPSA) is 96.5 Å². The zero-order chi connectivity index (χ0) is 19.4. The van der Waals surface area contributed by atoms with Gasteiger partial charge < -0.3 is 4.74 Å². The van der Waals surface area contributed by atoms with Crippen LogP contribution < -0.4 is 20.3 Å². The molecule has 0 aromatic heterocycles. The number of hydrogen-bond donors (Lipinski definition) is 3. The van der Waals surface area contributed by atoms with Crippen molar-refractivity contribution < 1.29 is 17.9 Å². The smallest absolute Gasteiger partial charge is 0.241 e. The van der Waals surface area contributed by atoms with Gasteiger partial charge in [0.1, 0.15) is 5.75 Å². The molecule has 1 aromatic carbocycles. The second-order valence-corrected chi connectivity index (χ2v) is 10.1. The van der Waals surface area contributed by atoms with Crippen LogP contribution in [0.5, 0.6) is 5.75 Å². The van der Waals surface area contributed by atoms with E-state index in [0.717, 1.165) is 11.4 Å². The molecule has 3 N–H and O–H groups in total. The molecule has 0 bridgehead atoms. The number of hydrazine groups is 1. The van der Waals surface area contributed by atoms with E-state index in [-0.39, 0.29) is 17.9 Å². The third-order valence-corrected chi connectivity index (χ3v) is 6.90. The molecule has 1 aromatic rings. The summed E-state index contributed by atoms with van der Waals surface area (Å²) in [5.74, 6) is 0.562. The lowest BCUT2D eigenvalue weighted by Gasteiger charge is -2.30. The Labute approximate surface area is 155 Å². The number of ether oxygens (including phenoxy) is 1. The van der Waals surface area contributed by atoms with Gasteiger partial charge in [-0.1, -0.05) is 0 Å². The van der Waals surface area contributed by atoms with Crippen molar-refractivity contribution in [3.8, 4) is 5.75 Å². The Morgan fingerprint density at radius 3 is 2.15 bits per heavy atom. The van der Waals surface area contributed by atoms with E-state index in [1.54, 1.807) is 40.0 Å². The quantitative estimate of drug-likeness (QED) is 0.656. The number of anilines is 1. The molecule has 26 heavy (non-hydrogen) atoms. The molecule has 0 aliphatic heterocycles. The summed E-state index contributed by atoms with van der Waals surface area (Å²) in [7, 11) is -1.76. The first-order valence-corrected chi connectivity index (χ1v) is 10.3. The van der Waals surface area contributed by atoms with Crippen molar-refractivity contribution in [1.29, 1.82) is 0 Å². The third kappa shape index (κ3) is 5.35. The van der Waals surface area contributed by atoms with Crippen LogP contribution in [-0.4, -0.2) is 32.2 Å². The first-order valence-electron chi connectivity index (χ1n) is 8.84. The van der Waals surface area contributed by atoms with E-state index in [9.17, 15) is 13.2 Å². The van der Waals surface area contributed by atoms with Crippen LogP contribution in [0.15, 0.2) is 24.3 Å². The van der Waals surface area contributed by atoms with E-state index in [1.807, 2.05) is 12.1 Å². The standard InChI is InChI=1S/C18H29N3O4S/c1-18(2,3)26(23,24)21-15-7-5-13(6-8-15)17(22)20-19-14-9-11-16(25-4)12-10-14/h9-13,15,19,21H,5-8H2,1-4H3,(H,20,22). The SMILES string of the molecule is COc1ccc(NNC(=O)C2CCC(NS(=O)(=O)C(C)(C)C)CC2)cc1. The summed E-state index contributed by atoms with van der Waals surface area (Å²) in [5, 5.41) is 0. The van der Waals surface area contributed by atoms with Gasteiger partial charge in [-0.3, -0.25) is 15.6 Å². The minimum Gasteiger partial charge on any atom is -0.497 e. The minimum atomic E-state index is -3.36. The van der Waals surface area contributed by atoms with Crippen LogP contribution in [0.25, 0.3) is 0 Å². The minimum absolute atomic E-state index is 0.0713. The van der Waals surface area contributed by atoms with Gasteiger partial charge in [0, 0.05) is 12.0 Å². The van der Waals surface area contributed by atoms with Gasteiger partial charge in [0.2, 0.25) is 15.9 Å². The Hall–Kier alpha value is -1.80. The molecule has 1 aliphatic rings. The van der Waals surface area contributed by atoms with E-state index in [0.29, 0.717) is 25.7 Å². The van der Waals surface area contributed by atoms with Crippen molar-refractivity contribution in [1.82, 2.24) is 10.1 Å². The van der Waals surface area contributed by atoms with Gasteiger partial charge in [-0.15, -0.1) is 0 Å². The van der Waals surface area contributed by atoms with Crippen molar-refractivity contribution in [2.24, 2.45) is 5.92 Å². The van der Waals surface area contributed by atoms with Crippen LogP contribution in [0.2, 0.25) is 0 Å². The summed E-state index contributed by atoms with van der Waals surface area (Å²) < 4.78 is 31.5. The molecule has 0 spiro atoms. The van der Waals surface area contributed by atoms with E-state index < -0.39 is 14.8 Å². The number of rotatable bonds is 6. The van der Waals surface area contributed by atoms with Crippen molar-refractivity contribution >= 4 is 21.6 Å². The van der Waals surface area contributed by atoms with Crippen molar-refractivity contribution in [3.05, 3.63) is 24.3 Å². The first-order chi connectivity index (χ1) is 12.1. The molecule has 1 amide bonds.